The lowest BCUT2D eigenvalue weighted by Gasteiger charge is -2.15. The van der Waals surface area contributed by atoms with Crippen molar-refractivity contribution in [2.24, 2.45) is 0 Å². The molecule has 0 unspecified atom stereocenters. The molecule has 0 bridgehead atoms. The second kappa shape index (κ2) is 9.99. The molecule has 2 N–H and O–H groups in total. The van der Waals surface area contributed by atoms with Gasteiger partial charge < -0.3 is 15.4 Å². The summed E-state index contributed by atoms with van der Waals surface area (Å²) in [6.45, 7) is 2.53. The van der Waals surface area contributed by atoms with Crippen LogP contribution < -0.4 is 15.4 Å². The molecule has 5 rings (SSSR count). The topological polar surface area (TPSA) is 89.3 Å². The Morgan fingerprint density at radius 2 is 1.83 bits per heavy atom. The second-order valence-corrected chi connectivity index (χ2v) is 8.41. The Labute approximate surface area is 208 Å². The lowest BCUT2D eigenvalue weighted by atomic mass is 10.0. The fourth-order valence-electron chi connectivity index (χ4n) is 3.86. The average molecular weight is 486 g/mol. The minimum absolute atomic E-state index is 0.384. The second-order valence-electron chi connectivity index (χ2n) is 7.98. The van der Waals surface area contributed by atoms with E-state index in [1.54, 1.807) is 36.0 Å². The van der Waals surface area contributed by atoms with Crippen molar-refractivity contribution >= 4 is 34.8 Å². The zero-order valence-electron chi connectivity index (χ0n) is 19.4. The van der Waals surface area contributed by atoms with Gasteiger partial charge in [-0.1, -0.05) is 48.0 Å². The van der Waals surface area contributed by atoms with Crippen LogP contribution >= 0.6 is 11.6 Å². The van der Waals surface area contributed by atoms with E-state index in [-0.39, 0.29) is 0 Å². The molecule has 0 aliphatic heterocycles. The highest BCUT2D eigenvalue weighted by Crippen LogP contribution is 2.30. The van der Waals surface area contributed by atoms with E-state index in [9.17, 15) is 0 Å². The van der Waals surface area contributed by atoms with Gasteiger partial charge in [-0.05, 0) is 42.8 Å². The number of ether oxygens (including phenoxy) is 1. The van der Waals surface area contributed by atoms with E-state index in [4.69, 9.17) is 26.4 Å². The van der Waals surface area contributed by atoms with Crippen LogP contribution in [0.2, 0.25) is 5.02 Å². The number of aromatic nitrogens is 5. The lowest BCUT2D eigenvalue weighted by molar-refractivity contribution is 0.417. The number of benzene rings is 2. The van der Waals surface area contributed by atoms with Crippen molar-refractivity contribution in [1.82, 2.24) is 24.6 Å². The molecule has 5 aromatic rings. The van der Waals surface area contributed by atoms with Crippen LogP contribution in [0, 0.1) is 6.92 Å². The van der Waals surface area contributed by atoms with Crippen LogP contribution in [0.15, 0.2) is 72.9 Å². The van der Waals surface area contributed by atoms with E-state index < -0.39 is 0 Å². The summed E-state index contributed by atoms with van der Waals surface area (Å²) in [7, 11) is 1.60. The molecule has 0 saturated heterocycles. The molecule has 176 valence electrons. The maximum absolute atomic E-state index is 6.19. The number of aryl methyl sites for hydroxylation is 1. The molecular weight excluding hydrogens is 462 g/mol. The van der Waals surface area contributed by atoms with Gasteiger partial charge >= 0.3 is 0 Å². The highest BCUT2D eigenvalue weighted by atomic mass is 35.5. The number of halogens is 1. The van der Waals surface area contributed by atoms with E-state index in [1.165, 1.54) is 5.56 Å². The Kier molecular flexibility index (Phi) is 6.45. The van der Waals surface area contributed by atoms with Gasteiger partial charge in [0, 0.05) is 28.9 Å². The molecular formula is C26H24ClN7O. The quantitative estimate of drug-likeness (QED) is 0.302. The number of fused-ring (bicyclic) bond motifs is 1. The molecule has 0 fully saturated rings. The summed E-state index contributed by atoms with van der Waals surface area (Å²) >= 11 is 6.19. The third-order valence-electron chi connectivity index (χ3n) is 5.59. The number of pyridine rings is 1. The predicted molar refractivity (Wildman–Crippen MR) is 138 cm³/mol. The normalized spacial score (nSPS) is 10.9. The fraction of sp³-hybridized carbons (Fsp3) is 0.154. The Balaban J connectivity index is 1.56. The van der Waals surface area contributed by atoms with Crippen LogP contribution in [0.25, 0.3) is 5.78 Å². The number of rotatable bonds is 8. The highest BCUT2D eigenvalue weighted by Gasteiger charge is 2.18. The van der Waals surface area contributed by atoms with Crippen molar-refractivity contribution in [2.45, 2.75) is 19.9 Å². The number of nitrogens with zero attached hydrogens (tertiary/aromatic N) is 5. The summed E-state index contributed by atoms with van der Waals surface area (Å²) in [5, 5.41) is 12.0. The van der Waals surface area contributed by atoms with Gasteiger partial charge in [-0.3, -0.25) is 4.98 Å². The Morgan fingerprint density at radius 3 is 2.60 bits per heavy atom. The lowest BCUT2D eigenvalue weighted by Crippen LogP contribution is -2.12. The maximum atomic E-state index is 6.19. The summed E-state index contributed by atoms with van der Waals surface area (Å²) in [6.07, 6.45) is 2.48. The predicted octanol–water partition coefficient (Wildman–Crippen LogP) is 5.44. The standard InChI is InChI=1S/C26H24ClN7O/c1-17-21(14-18-8-4-3-5-9-18)24(29-16-20-10-6-7-13-28-20)34-26(30-17)32-25(33-34)31-22-15-19(27)11-12-23(22)35-2/h3-13,15,29H,14,16H2,1-2H3,(H,31,33). The molecule has 0 atom stereocenters. The van der Waals surface area contributed by atoms with Gasteiger partial charge in [0.2, 0.25) is 5.95 Å². The number of nitrogens with one attached hydrogen (secondary N) is 2. The van der Waals surface area contributed by atoms with Gasteiger partial charge in [-0.25, -0.2) is 4.98 Å². The van der Waals surface area contributed by atoms with Crippen LogP contribution in [0.1, 0.15) is 22.5 Å². The summed E-state index contributed by atoms with van der Waals surface area (Å²) in [6, 6.07) is 21.5. The molecule has 0 amide bonds. The molecule has 0 spiro atoms. The smallest absolute Gasteiger partial charge is 0.256 e. The zero-order valence-corrected chi connectivity index (χ0v) is 20.1. The monoisotopic (exact) mass is 485 g/mol. The Hall–Kier alpha value is -4.17. The largest absolute Gasteiger partial charge is 0.495 e. The first-order valence-electron chi connectivity index (χ1n) is 11.2. The van der Waals surface area contributed by atoms with Crippen molar-refractivity contribution < 1.29 is 4.74 Å². The molecule has 35 heavy (non-hydrogen) atoms. The number of hydrogen-bond acceptors (Lipinski definition) is 7. The van der Waals surface area contributed by atoms with Crippen molar-refractivity contribution in [1.29, 1.82) is 0 Å². The molecule has 0 aliphatic rings. The minimum Gasteiger partial charge on any atom is -0.495 e. The number of methoxy groups -OCH3 is 1. The van der Waals surface area contributed by atoms with E-state index >= 15 is 0 Å². The maximum Gasteiger partial charge on any atom is 0.256 e. The molecule has 8 nitrogen and oxygen atoms in total. The summed E-state index contributed by atoms with van der Waals surface area (Å²) in [4.78, 5) is 13.8. The molecule has 3 aromatic heterocycles. The van der Waals surface area contributed by atoms with Crippen LogP contribution in [-0.2, 0) is 13.0 Å². The van der Waals surface area contributed by atoms with Gasteiger partial charge in [0.25, 0.3) is 5.78 Å². The van der Waals surface area contributed by atoms with Gasteiger partial charge in [0.15, 0.2) is 0 Å². The van der Waals surface area contributed by atoms with Crippen LogP contribution in [0.4, 0.5) is 17.5 Å². The van der Waals surface area contributed by atoms with E-state index in [1.807, 2.05) is 43.3 Å². The fourth-order valence-corrected chi connectivity index (χ4v) is 4.04. The van der Waals surface area contributed by atoms with Gasteiger partial charge in [0.05, 0.1) is 25.0 Å². The molecule has 2 aromatic carbocycles. The Bertz CT molecular complexity index is 1460. The summed E-state index contributed by atoms with van der Waals surface area (Å²) < 4.78 is 7.17. The van der Waals surface area contributed by atoms with E-state index in [0.29, 0.717) is 41.2 Å². The highest BCUT2D eigenvalue weighted by molar-refractivity contribution is 6.31. The molecule has 3 heterocycles. The van der Waals surface area contributed by atoms with Gasteiger partial charge in [-0.2, -0.15) is 9.50 Å². The molecule has 0 radical (unpaired) electrons. The van der Waals surface area contributed by atoms with E-state index in [0.717, 1.165) is 22.8 Å². The minimum atomic E-state index is 0.384. The molecule has 0 aliphatic carbocycles. The van der Waals surface area contributed by atoms with Crippen LogP contribution in [-0.4, -0.2) is 31.7 Å². The van der Waals surface area contributed by atoms with Crippen molar-refractivity contribution in [3.05, 3.63) is 100 Å². The van der Waals surface area contributed by atoms with Crippen LogP contribution in [0.3, 0.4) is 0 Å². The van der Waals surface area contributed by atoms with Gasteiger partial charge in [-0.15, -0.1) is 5.10 Å². The zero-order chi connectivity index (χ0) is 24.2. The first-order chi connectivity index (χ1) is 17.1. The SMILES string of the molecule is COc1ccc(Cl)cc1Nc1nc2nc(C)c(Cc3ccccc3)c(NCc3ccccn3)n2n1. The molecule has 0 saturated carbocycles. The van der Waals surface area contributed by atoms with Crippen molar-refractivity contribution in [3.63, 3.8) is 0 Å². The first kappa shape index (κ1) is 22.6. The third kappa shape index (κ3) is 5.02. The van der Waals surface area contributed by atoms with Crippen molar-refractivity contribution in [2.75, 3.05) is 17.7 Å². The van der Waals surface area contributed by atoms with Gasteiger partial charge in [0.1, 0.15) is 11.6 Å². The number of hydrogen-bond donors (Lipinski definition) is 2. The average Bonchev–Trinajstić information content (AvgIpc) is 3.27. The molecule has 9 heteroatoms. The number of anilines is 3. The first-order valence-corrected chi connectivity index (χ1v) is 11.5. The van der Waals surface area contributed by atoms with Crippen LogP contribution in [0.5, 0.6) is 5.75 Å². The summed E-state index contributed by atoms with van der Waals surface area (Å²) in [5.74, 6) is 2.32. The van der Waals surface area contributed by atoms with E-state index in [2.05, 4.69) is 32.7 Å². The summed E-state index contributed by atoms with van der Waals surface area (Å²) in [5.41, 5.74) is 4.68. The van der Waals surface area contributed by atoms with Crippen molar-refractivity contribution in [3.8, 4) is 5.75 Å². The third-order valence-corrected chi connectivity index (χ3v) is 5.82. The Morgan fingerprint density at radius 1 is 1.00 bits per heavy atom.